The van der Waals surface area contributed by atoms with Crippen molar-refractivity contribution >= 4 is 0 Å². The van der Waals surface area contributed by atoms with Crippen LogP contribution in [-0.2, 0) is 34.9 Å². The molecule has 35 heavy (non-hydrogen) atoms. The summed E-state index contributed by atoms with van der Waals surface area (Å²) >= 11 is 0. The molecule has 0 saturated carbocycles. The highest BCUT2D eigenvalue weighted by atomic mass is 19.4. The summed E-state index contributed by atoms with van der Waals surface area (Å²) in [6.45, 7) is 4.99. The van der Waals surface area contributed by atoms with E-state index in [2.05, 4.69) is 17.0 Å². The standard InChI is InChI=1S/C27H28F3NO4/c1-18-33-26(34-18)17-32-24-7-4-19-10-13-31(14-11-21(19)16-24)15-12-23-8-9-25(35-23)20-2-5-22(6-3-20)27(28,29)30/h2-9,16,18,26H,10-15,17H2,1H3. The van der Waals surface area contributed by atoms with Crippen LogP contribution in [-0.4, -0.2) is 43.7 Å². The Morgan fingerprint density at radius 3 is 2.40 bits per heavy atom. The second-order valence-electron chi connectivity index (χ2n) is 8.94. The van der Waals surface area contributed by atoms with Gasteiger partial charge in [-0.1, -0.05) is 18.2 Å². The highest BCUT2D eigenvalue weighted by Crippen LogP contribution is 2.31. The van der Waals surface area contributed by atoms with Crippen molar-refractivity contribution in [3.05, 3.63) is 77.0 Å². The van der Waals surface area contributed by atoms with Gasteiger partial charge in [-0.3, -0.25) is 0 Å². The maximum Gasteiger partial charge on any atom is 0.416 e. The number of halogens is 3. The van der Waals surface area contributed by atoms with E-state index in [1.165, 1.54) is 23.3 Å². The lowest BCUT2D eigenvalue weighted by molar-refractivity contribution is -0.380. The minimum atomic E-state index is -4.34. The number of benzene rings is 2. The van der Waals surface area contributed by atoms with Crippen LogP contribution in [0, 0.1) is 0 Å². The van der Waals surface area contributed by atoms with Crippen LogP contribution in [0.1, 0.15) is 29.4 Å². The Bertz CT molecular complexity index is 1140. The van der Waals surface area contributed by atoms with Crippen LogP contribution in [0.2, 0.25) is 0 Å². The third-order valence-corrected chi connectivity index (χ3v) is 6.48. The molecule has 1 aromatic heterocycles. The topological polar surface area (TPSA) is 44.1 Å². The number of alkyl halides is 3. The van der Waals surface area contributed by atoms with Crippen LogP contribution in [0.25, 0.3) is 11.3 Å². The van der Waals surface area contributed by atoms with Crippen LogP contribution >= 0.6 is 0 Å². The molecule has 186 valence electrons. The monoisotopic (exact) mass is 487 g/mol. The lowest BCUT2D eigenvalue weighted by Gasteiger charge is -2.33. The van der Waals surface area contributed by atoms with Gasteiger partial charge < -0.3 is 23.5 Å². The second-order valence-corrected chi connectivity index (χ2v) is 8.94. The van der Waals surface area contributed by atoms with Crippen molar-refractivity contribution in [2.75, 3.05) is 26.2 Å². The molecule has 0 N–H and O–H groups in total. The largest absolute Gasteiger partial charge is 0.488 e. The summed E-state index contributed by atoms with van der Waals surface area (Å²) in [6.07, 6.45) is -2.13. The Morgan fingerprint density at radius 2 is 1.69 bits per heavy atom. The summed E-state index contributed by atoms with van der Waals surface area (Å²) in [7, 11) is 0. The molecule has 2 aromatic carbocycles. The van der Waals surface area contributed by atoms with Crippen LogP contribution in [0.15, 0.2) is 59.0 Å². The van der Waals surface area contributed by atoms with E-state index in [-0.39, 0.29) is 12.6 Å². The van der Waals surface area contributed by atoms with E-state index < -0.39 is 11.7 Å². The number of hydrogen-bond donors (Lipinski definition) is 0. The smallest absolute Gasteiger partial charge is 0.416 e. The maximum atomic E-state index is 12.8. The Kier molecular flexibility index (Phi) is 6.86. The number of nitrogens with zero attached hydrogens (tertiary/aromatic N) is 1. The van der Waals surface area contributed by atoms with Gasteiger partial charge in [0.05, 0.1) is 5.56 Å². The van der Waals surface area contributed by atoms with Crippen molar-refractivity contribution < 1.29 is 31.8 Å². The number of hydrogen-bond acceptors (Lipinski definition) is 5. The normalized spacial score (nSPS) is 20.7. The molecule has 3 heterocycles. The van der Waals surface area contributed by atoms with Gasteiger partial charge >= 0.3 is 6.18 Å². The highest BCUT2D eigenvalue weighted by molar-refractivity contribution is 5.58. The first-order valence-electron chi connectivity index (χ1n) is 11.9. The lowest BCUT2D eigenvalue weighted by atomic mass is 10.0. The molecule has 0 radical (unpaired) electrons. The Morgan fingerprint density at radius 1 is 0.943 bits per heavy atom. The zero-order valence-electron chi connectivity index (χ0n) is 19.5. The van der Waals surface area contributed by atoms with Gasteiger partial charge in [0, 0.05) is 31.6 Å². The average Bonchev–Trinajstić information content (AvgIpc) is 3.20. The van der Waals surface area contributed by atoms with E-state index in [9.17, 15) is 13.2 Å². The fourth-order valence-electron chi connectivity index (χ4n) is 4.50. The highest BCUT2D eigenvalue weighted by Gasteiger charge is 2.30. The first kappa shape index (κ1) is 23.9. The van der Waals surface area contributed by atoms with Gasteiger partial charge in [-0.2, -0.15) is 13.2 Å². The Labute approximate surface area is 202 Å². The van der Waals surface area contributed by atoms with Crippen LogP contribution in [0.3, 0.4) is 0 Å². The zero-order chi connectivity index (χ0) is 24.4. The number of rotatable bonds is 7. The molecule has 8 heteroatoms. The minimum Gasteiger partial charge on any atom is -0.488 e. The molecule has 5 nitrogen and oxygen atoms in total. The summed E-state index contributed by atoms with van der Waals surface area (Å²) in [6, 6.07) is 15.0. The summed E-state index contributed by atoms with van der Waals surface area (Å²) in [5.74, 6) is 2.24. The maximum absolute atomic E-state index is 12.8. The van der Waals surface area contributed by atoms with Gasteiger partial charge in [0.25, 0.3) is 0 Å². The average molecular weight is 488 g/mol. The van der Waals surface area contributed by atoms with E-state index in [0.717, 1.165) is 62.5 Å². The molecule has 0 atom stereocenters. The van der Waals surface area contributed by atoms with Crippen molar-refractivity contribution in [2.24, 2.45) is 0 Å². The van der Waals surface area contributed by atoms with E-state index >= 15 is 0 Å². The summed E-state index contributed by atoms with van der Waals surface area (Å²) in [4.78, 5) is 2.41. The van der Waals surface area contributed by atoms with Crippen molar-refractivity contribution in [1.29, 1.82) is 0 Å². The van der Waals surface area contributed by atoms with Crippen molar-refractivity contribution in [2.45, 2.75) is 44.9 Å². The fraction of sp³-hybridized carbons (Fsp3) is 0.407. The number of furan rings is 1. The molecular weight excluding hydrogens is 459 g/mol. The Balaban J connectivity index is 1.12. The molecule has 2 aliphatic heterocycles. The molecule has 0 unspecified atom stereocenters. The predicted octanol–water partition coefficient (Wildman–Crippen LogP) is 5.71. The number of fused-ring (bicyclic) bond motifs is 1. The SMILES string of the molecule is CC1OC(COc2ccc3c(c2)CCN(CCc2ccc(-c4ccc(C(F)(F)F)cc4)o2)CC3)O1. The lowest BCUT2D eigenvalue weighted by Crippen LogP contribution is -2.42. The van der Waals surface area contributed by atoms with Gasteiger partial charge in [-0.15, -0.1) is 0 Å². The summed E-state index contributed by atoms with van der Waals surface area (Å²) in [5, 5.41) is 0. The molecule has 0 bridgehead atoms. The Hall–Kier alpha value is -2.81. The summed E-state index contributed by atoms with van der Waals surface area (Å²) in [5.41, 5.74) is 2.62. The molecule has 0 amide bonds. The van der Waals surface area contributed by atoms with Crippen molar-refractivity contribution in [1.82, 2.24) is 4.90 Å². The quantitative estimate of drug-likeness (QED) is 0.427. The molecule has 0 aliphatic carbocycles. The minimum absolute atomic E-state index is 0.154. The van der Waals surface area contributed by atoms with E-state index in [1.54, 1.807) is 0 Å². The van der Waals surface area contributed by atoms with Crippen LogP contribution in [0.4, 0.5) is 13.2 Å². The van der Waals surface area contributed by atoms with Crippen LogP contribution < -0.4 is 4.74 Å². The third kappa shape index (κ3) is 5.89. The van der Waals surface area contributed by atoms with Gasteiger partial charge in [0.1, 0.15) is 23.9 Å². The third-order valence-electron chi connectivity index (χ3n) is 6.48. The zero-order valence-corrected chi connectivity index (χ0v) is 19.5. The van der Waals surface area contributed by atoms with Crippen molar-refractivity contribution in [3.8, 4) is 17.1 Å². The first-order chi connectivity index (χ1) is 16.8. The van der Waals surface area contributed by atoms with E-state index in [0.29, 0.717) is 17.9 Å². The predicted molar refractivity (Wildman–Crippen MR) is 124 cm³/mol. The second kappa shape index (κ2) is 10.0. The molecule has 2 aliphatic rings. The fourth-order valence-corrected chi connectivity index (χ4v) is 4.50. The van der Waals surface area contributed by atoms with E-state index in [1.807, 2.05) is 25.1 Å². The molecule has 1 fully saturated rings. The van der Waals surface area contributed by atoms with Gasteiger partial charge in [0.2, 0.25) is 0 Å². The molecule has 3 aromatic rings. The van der Waals surface area contributed by atoms with Crippen molar-refractivity contribution in [3.63, 3.8) is 0 Å². The molecule has 5 rings (SSSR count). The van der Waals surface area contributed by atoms with Gasteiger partial charge in [-0.05, 0) is 67.3 Å². The molecular formula is C27H28F3NO4. The number of ether oxygens (including phenoxy) is 3. The molecule has 0 spiro atoms. The van der Waals surface area contributed by atoms with Crippen LogP contribution in [0.5, 0.6) is 5.75 Å². The van der Waals surface area contributed by atoms with Gasteiger partial charge in [0.15, 0.2) is 12.6 Å². The van der Waals surface area contributed by atoms with Gasteiger partial charge in [-0.25, -0.2) is 0 Å². The first-order valence-corrected chi connectivity index (χ1v) is 11.9. The van der Waals surface area contributed by atoms with E-state index in [4.69, 9.17) is 18.6 Å². The molecule has 1 saturated heterocycles. The summed E-state index contributed by atoms with van der Waals surface area (Å²) < 4.78 is 60.9.